The summed E-state index contributed by atoms with van der Waals surface area (Å²) in [5.41, 5.74) is 1.59. The Balaban J connectivity index is 1.22. The molecule has 2 aromatic carbocycles. The van der Waals surface area contributed by atoms with E-state index in [1.54, 1.807) is 36.4 Å². The molecule has 30 heavy (non-hydrogen) atoms. The Morgan fingerprint density at radius 3 is 2.13 bits per heavy atom. The third kappa shape index (κ3) is 3.89. The zero-order chi connectivity index (χ0) is 21.1. The molecular weight excluding hydrogens is 385 g/mol. The molecule has 2 aliphatic heterocycles. The van der Waals surface area contributed by atoms with Crippen LogP contribution in [0.4, 0.5) is 10.1 Å². The quantitative estimate of drug-likeness (QED) is 0.518. The maximum absolute atomic E-state index is 14.5. The molecule has 7 heteroatoms. The molecule has 1 fully saturated rings. The van der Waals surface area contributed by atoms with Gasteiger partial charge in [0.25, 0.3) is 11.8 Å². The molecule has 158 valence electrons. The van der Waals surface area contributed by atoms with Crippen LogP contribution < -0.4 is 9.64 Å². The number of fused-ring (bicyclic) bond motifs is 1. The van der Waals surface area contributed by atoms with Crippen LogP contribution in [0.1, 0.15) is 33.6 Å². The van der Waals surface area contributed by atoms with Crippen molar-refractivity contribution in [1.82, 2.24) is 9.80 Å². The lowest BCUT2D eigenvalue weighted by Crippen LogP contribution is -2.47. The fraction of sp³-hybridized carbons (Fsp3) is 0.391. The highest BCUT2D eigenvalue weighted by Gasteiger charge is 2.34. The number of halogens is 1. The predicted octanol–water partition coefficient (Wildman–Crippen LogP) is 3.03. The summed E-state index contributed by atoms with van der Waals surface area (Å²) in [6.45, 7) is 4.55. The number of hydrogen-bond donors (Lipinski definition) is 0. The van der Waals surface area contributed by atoms with Crippen LogP contribution >= 0.6 is 0 Å². The molecule has 0 saturated carbocycles. The number of hydrogen-bond acceptors (Lipinski definition) is 5. The van der Waals surface area contributed by atoms with Crippen LogP contribution in [0.15, 0.2) is 42.5 Å². The SMILES string of the molecule is COc1cccc(N2CCN(CCCCN3C(=O)c4ccccc4C3=O)CC2)c1F. The molecule has 6 nitrogen and oxygen atoms in total. The molecule has 0 N–H and O–H groups in total. The lowest BCUT2D eigenvalue weighted by molar-refractivity contribution is 0.0650. The monoisotopic (exact) mass is 411 g/mol. The first-order chi connectivity index (χ1) is 14.6. The van der Waals surface area contributed by atoms with E-state index in [1.807, 2.05) is 11.0 Å². The van der Waals surface area contributed by atoms with Gasteiger partial charge in [0, 0.05) is 32.7 Å². The van der Waals surface area contributed by atoms with Crippen molar-refractivity contribution < 1.29 is 18.7 Å². The van der Waals surface area contributed by atoms with E-state index in [0.717, 1.165) is 45.6 Å². The Bertz CT molecular complexity index is 906. The first-order valence-corrected chi connectivity index (χ1v) is 10.3. The van der Waals surface area contributed by atoms with E-state index in [1.165, 1.54) is 12.0 Å². The van der Waals surface area contributed by atoms with Crippen molar-refractivity contribution in [3.63, 3.8) is 0 Å². The van der Waals surface area contributed by atoms with Crippen molar-refractivity contribution in [3.05, 3.63) is 59.4 Å². The van der Waals surface area contributed by atoms with Crippen molar-refractivity contribution >= 4 is 17.5 Å². The van der Waals surface area contributed by atoms with Gasteiger partial charge in [0.15, 0.2) is 11.6 Å². The van der Waals surface area contributed by atoms with Gasteiger partial charge in [-0.3, -0.25) is 19.4 Å². The molecule has 4 rings (SSSR count). The topological polar surface area (TPSA) is 53.1 Å². The number of amides is 2. The summed E-state index contributed by atoms with van der Waals surface area (Å²) in [5, 5.41) is 0. The van der Waals surface area contributed by atoms with E-state index < -0.39 is 0 Å². The molecular formula is C23H26FN3O3. The molecule has 0 atom stereocenters. The van der Waals surface area contributed by atoms with Gasteiger partial charge in [0.1, 0.15) is 0 Å². The number of imide groups is 1. The van der Waals surface area contributed by atoms with Crippen molar-refractivity contribution in [3.8, 4) is 5.75 Å². The van der Waals surface area contributed by atoms with Crippen molar-refractivity contribution in [2.75, 3.05) is 51.3 Å². The van der Waals surface area contributed by atoms with Crippen molar-refractivity contribution in [2.24, 2.45) is 0 Å². The molecule has 2 aliphatic rings. The molecule has 2 aromatic rings. The Morgan fingerprint density at radius 1 is 0.867 bits per heavy atom. The normalized spacial score (nSPS) is 16.9. The van der Waals surface area contributed by atoms with Crippen molar-refractivity contribution in [1.29, 1.82) is 0 Å². The van der Waals surface area contributed by atoms with E-state index in [9.17, 15) is 14.0 Å². The van der Waals surface area contributed by atoms with Crippen LogP contribution in [0, 0.1) is 5.82 Å². The molecule has 0 aliphatic carbocycles. The fourth-order valence-electron chi connectivity index (χ4n) is 4.16. The van der Waals surface area contributed by atoms with Gasteiger partial charge in [-0.25, -0.2) is 4.39 Å². The van der Waals surface area contributed by atoms with Crippen LogP contribution in [0.2, 0.25) is 0 Å². The first-order valence-electron chi connectivity index (χ1n) is 10.3. The second-order valence-corrected chi connectivity index (χ2v) is 7.64. The highest BCUT2D eigenvalue weighted by Crippen LogP contribution is 2.28. The summed E-state index contributed by atoms with van der Waals surface area (Å²) in [4.78, 5) is 30.5. The highest BCUT2D eigenvalue weighted by molar-refractivity contribution is 6.21. The average Bonchev–Trinajstić information content (AvgIpc) is 3.02. The van der Waals surface area contributed by atoms with Crippen LogP contribution in [-0.2, 0) is 0 Å². The highest BCUT2D eigenvalue weighted by atomic mass is 19.1. The molecule has 1 saturated heterocycles. The minimum Gasteiger partial charge on any atom is -0.494 e. The van der Waals surface area contributed by atoms with Gasteiger partial charge in [-0.2, -0.15) is 0 Å². The number of carbonyl (C=O) groups excluding carboxylic acids is 2. The summed E-state index contributed by atoms with van der Waals surface area (Å²) in [5.74, 6) is -0.424. The zero-order valence-corrected chi connectivity index (χ0v) is 17.1. The van der Waals surface area contributed by atoms with E-state index in [4.69, 9.17) is 4.74 Å². The van der Waals surface area contributed by atoms with Crippen LogP contribution in [0.5, 0.6) is 5.75 Å². The summed E-state index contributed by atoms with van der Waals surface area (Å²) in [7, 11) is 1.47. The zero-order valence-electron chi connectivity index (χ0n) is 17.1. The number of carbonyl (C=O) groups is 2. The molecule has 0 spiro atoms. The van der Waals surface area contributed by atoms with E-state index >= 15 is 0 Å². The Morgan fingerprint density at radius 2 is 1.50 bits per heavy atom. The van der Waals surface area contributed by atoms with E-state index in [2.05, 4.69) is 4.90 Å². The maximum atomic E-state index is 14.5. The smallest absolute Gasteiger partial charge is 0.261 e. The van der Waals surface area contributed by atoms with Gasteiger partial charge in [0.2, 0.25) is 0 Å². The summed E-state index contributed by atoms with van der Waals surface area (Å²) < 4.78 is 19.5. The Labute approximate surface area is 175 Å². The number of unbranched alkanes of at least 4 members (excludes halogenated alkanes) is 1. The van der Waals surface area contributed by atoms with Gasteiger partial charge >= 0.3 is 0 Å². The fourth-order valence-corrected chi connectivity index (χ4v) is 4.16. The summed E-state index contributed by atoms with van der Waals surface area (Å²) in [6.07, 6.45) is 1.68. The number of methoxy groups -OCH3 is 1. The summed E-state index contributed by atoms with van der Waals surface area (Å²) >= 11 is 0. The van der Waals surface area contributed by atoms with Gasteiger partial charge in [-0.15, -0.1) is 0 Å². The summed E-state index contributed by atoms with van der Waals surface area (Å²) in [6, 6.07) is 12.2. The number of ether oxygens (including phenoxy) is 1. The number of rotatable bonds is 7. The molecule has 0 aromatic heterocycles. The third-order valence-electron chi connectivity index (χ3n) is 5.86. The maximum Gasteiger partial charge on any atom is 0.261 e. The second-order valence-electron chi connectivity index (χ2n) is 7.64. The van der Waals surface area contributed by atoms with Crippen LogP contribution in [0.25, 0.3) is 0 Å². The third-order valence-corrected chi connectivity index (χ3v) is 5.86. The number of piperazine rings is 1. The van der Waals surface area contributed by atoms with Gasteiger partial charge in [-0.05, 0) is 43.7 Å². The number of anilines is 1. The molecule has 2 amide bonds. The lowest BCUT2D eigenvalue weighted by Gasteiger charge is -2.36. The first kappa shape index (κ1) is 20.3. The molecule has 2 heterocycles. The minimum atomic E-state index is -0.311. The van der Waals surface area contributed by atoms with E-state index in [0.29, 0.717) is 23.4 Å². The van der Waals surface area contributed by atoms with Crippen LogP contribution in [0.3, 0.4) is 0 Å². The van der Waals surface area contributed by atoms with Crippen LogP contribution in [-0.4, -0.2) is 68.0 Å². The number of nitrogens with zero attached hydrogens (tertiary/aromatic N) is 3. The van der Waals surface area contributed by atoms with Crippen molar-refractivity contribution in [2.45, 2.75) is 12.8 Å². The minimum absolute atomic E-state index is 0.190. The Kier molecular flexibility index (Phi) is 5.99. The van der Waals surface area contributed by atoms with Gasteiger partial charge in [-0.1, -0.05) is 18.2 Å². The molecule has 0 unspecified atom stereocenters. The van der Waals surface area contributed by atoms with Gasteiger partial charge < -0.3 is 9.64 Å². The Hall–Kier alpha value is -2.93. The predicted molar refractivity (Wildman–Crippen MR) is 113 cm³/mol. The standard InChI is InChI=1S/C23H26FN3O3/c1-30-20-10-6-9-19(21(20)24)26-15-13-25(14-16-26)11-4-5-12-27-22(28)17-7-2-3-8-18(17)23(27)29/h2-3,6-10H,4-5,11-16H2,1H3. The number of benzene rings is 2. The van der Waals surface area contributed by atoms with E-state index in [-0.39, 0.29) is 23.4 Å². The lowest BCUT2D eigenvalue weighted by atomic mass is 10.1. The largest absolute Gasteiger partial charge is 0.494 e. The van der Waals surface area contributed by atoms with Gasteiger partial charge in [0.05, 0.1) is 23.9 Å². The average molecular weight is 411 g/mol. The molecule has 0 radical (unpaired) electrons. The second kappa shape index (κ2) is 8.83. The molecule has 0 bridgehead atoms.